The number of phenols is 1. The van der Waals surface area contributed by atoms with Crippen molar-refractivity contribution in [3.05, 3.63) is 48.4 Å². The topological polar surface area (TPSA) is 69.6 Å². The summed E-state index contributed by atoms with van der Waals surface area (Å²) in [6.07, 6.45) is -0.172. The zero-order valence-corrected chi connectivity index (χ0v) is 15.7. The van der Waals surface area contributed by atoms with E-state index in [0.29, 0.717) is 29.6 Å². The van der Waals surface area contributed by atoms with E-state index < -0.39 is 5.97 Å². The van der Waals surface area contributed by atoms with Crippen LogP contribution in [0, 0.1) is 3.57 Å². The second-order valence-corrected chi connectivity index (χ2v) is 7.02. The van der Waals surface area contributed by atoms with Crippen molar-refractivity contribution in [3.63, 3.8) is 0 Å². The van der Waals surface area contributed by atoms with Crippen LogP contribution in [0.3, 0.4) is 0 Å². The molecule has 0 saturated carbocycles. The highest BCUT2D eigenvalue weighted by Crippen LogP contribution is 2.38. The smallest absolute Gasteiger partial charge is 0.155 e. The number of carboxylic acid groups (broad SMARTS) is 1. The number of benzene rings is 2. The second kappa shape index (κ2) is 6.97. The average molecular weight is 527 g/mol. The molecule has 0 radical (unpaired) electrons. The number of carbonyl (C=O) groups excluding carboxylic acids is 1. The zero-order chi connectivity index (χ0) is 15.6. The third-order valence-electron chi connectivity index (χ3n) is 2.55. The van der Waals surface area contributed by atoms with Crippen molar-refractivity contribution in [2.75, 3.05) is 0 Å². The summed E-state index contributed by atoms with van der Waals surface area (Å²) in [5.74, 6) is 0.130. The van der Waals surface area contributed by atoms with Crippen LogP contribution in [0.1, 0.15) is 5.56 Å². The zero-order valence-electron chi connectivity index (χ0n) is 10.4. The molecular weight excluding hydrogens is 519 g/mol. The summed E-state index contributed by atoms with van der Waals surface area (Å²) in [5, 5.41) is 20.1. The Labute approximate surface area is 151 Å². The maximum atomic E-state index is 10.6. The molecule has 0 heterocycles. The Morgan fingerprint density at radius 3 is 2.38 bits per heavy atom. The van der Waals surface area contributed by atoms with Gasteiger partial charge in [0.05, 0.1) is 12.5 Å². The van der Waals surface area contributed by atoms with Gasteiger partial charge in [0.15, 0.2) is 5.75 Å². The Bertz CT molecular complexity index is 680. The van der Waals surface area contributed by atoms with E-state index in [2.05, 4.69) is 31.9 Å². The van der Waals surface area contributed by atoms with Crippen LogP contribution >= 0.6 is 54.5 Å². The van der Waals surface area contributed by atoms with Gasteiger partial charge in [0.2, 0.25) is 0 Å². The van der Waals surface area contributed by atoms with Crippen molar-refractivity contribution in [3.8, 4) is 17.2 Å². The van der Waals surface area contributed by atoms with E-state index in [9.17, 15) is 15.0 Å². The molecule has 0 spiro atoms. The van der Waals surface area contributed by atoms with Crippen molar-refractivity contribution in [1.82, 2.24) is 0 Å². The molecule has 1 N–H and O–H groups in total. The van der Waals surface area contributed by atoms with Gasteiger partial charge in [-0.05, 0) is 90.3 Å². The quantitative estimate of drug-likeness (QED) is 0.618. The Morgan fingerprint density at radius 2 is 1.86 bits per heavy atom. The Kier molecular flexibility index (Phi) is 5.50. The molecule has 0 atom stereocenters. The van der Waals surface area contributed by atoms with Crippen molar-refractivity contribution >= 4 is 60.4 Å². The van der Waals surface area contributed by atoms with Gasteiger partial charge in [-0.25, -0.2) is 0 Å². The minimum atomic E-state index is -1.14. The third-order valence-corrected chi connectivity index (χ3v) is 4.59. The molecule has 2 aromatic carbocycles. The summed E-state index contributed by atoms with van der Waals surface area (Å²) in [6, 6.07) is 8.22. The maximum Gasteiger partial charge on any atom is 0.155 e. The number of phenolic OH excluding ortho intramolecular Hbond substituents is 1. The molecule has 0 aromatic heterocycles. The first kappa shape index (κ1) is 16.6. The van der Waals surface area contributed by atoms with Gasteiger partial charge >= 0.3 is 0 Å². The van der Waals surface area contributed by atoms with Crippen molar-refractivity contribution in [1.29, 1.82) is 0 Å². The summed E-state index contributed by atoms with van der Waals surface area (Å²) in [6.45, 7) is 0. The number of aromatic hydroxyl groups is 1. The molecule has 0 fully saturated rings. The lowest BCUT2D eigenvalue weighted by atomic mass is 10.1. The maximum absolute atomic E-state index is 10.6. The largest absolute Gasteiger partial charge is 0.550 e. The van der Waals surface area contributed by atoms with Crippen LogP contribution < -0.4 is 9.84 Å². The molecule has 0 saturated heterocycles. The summed E-state index contributed by atoms with van der Waals surface area (Å²) in [5.41, 5.74) is 0.599. The molecule has 0 aliphatic rings. The second-order valence-electron chi connectivity index (χ2n) is 4.15. The lowest BCUT2D eigenvalue weighted by Gasteiger charge is -2.13. The van der Waals surface area contributed by atoms with Gasteiger partial charge in [-0.1, -0.05) is 0 Å². The molecule has 0 unspecified atom stereocenters. The van der Waals surface area contributed by atoms with E-state index in [1.165, 1.54) is 0 Å². The van der Waals surface area contributed by atoms with Gasteiger partial charge in [-0.2, -0.15) is 0 Å². The molecule has 110 valence electrons. The van der Waals surface area contributed by atoms with Gasteiger partial charge in [0, 0.05) is 12.4 Å². The molecule has 21 heavy (non-hydrogen) atoms. The summed E-state index contributed by atoms with van der Waals surface area (Å²) in [4.78, 5) is 10.6. The van der Waals surface area contributed by atoms with E-state index in [4.69, 9.17) is 4.74 Å². The highest BCUT2D eigenvalue weighted by atomic mass is 127. The van der Waals surface area contributed by atoms with Crippen LogP contribution in [0.5, 0.6) is 17.2 Å². The predicted molar refractivity (Wildman–Crippen MR) is 91.5 cm³/mol. The number of hydrogen-bond acceptors (Lipinski definition) is 4. The minimum Gasteiger partial charge on any atom is -0.550 e. The predicted octanol–water partition coefficient (Wildman–Crippen LogP) is 3.61. The average Bonchev–Trinajstić information content (AvgIpc) is 2.37. The van der Waals surface area contributed by atoms with Gasteiger partial charge in [0.1, 0.15) is 11.5 Å². The first-order chi connectivity index (χ1) is 9.86. The molecular formula is C14H8Br2IO4-. The van der Waals surface area contributed by atoms with Crippen molar-refractivity contribution < 1.29 is 19.7 Å². The molecule has 0 aliphatic heterocycles. The minimum absolute atomic E-state index is 0.172. The van der Waals surface area contributed by atoms with E-state index in [-0.39, 0.29) is 12.2 Å². The molecule has 7 heteroatoms. The van der Waals surface area contributed by atoms with Gasteiger partial charge in [0.25, 0.3) is 0 Å². The van der Waals surface area contributed by atoms with Gasteiger partial charge in [-0.3, -0.25) is 0 Å². The van der Waals surface area contributed by atoms with Crippen LogP contribution in [0.4, 0.5) is 0 Å². The van der Waals surface area contributed by atoms with Crippen molar-refractivity contribution in [2.45, 2.75) is 6.42 Å². The normalized spacial score (nSPS) is 10.4. The summed E-state index contributed by atoms with van der Waals surface area (Å²) < 4.78 is 7.68. The third kappa shape index (κ3) is 4.33. The first-order valence-electron chi connectivity index (χ1n) is 5.71. The molecule has 2 aromatic rings. The number of rotatable bonds is 4. The molecule has 0 bridgehead atoms. The molecule has 0 aliphatic carbocycles. The Hall–Kier alpha value is -0.800. The van der Waals surface area contributed by atoms with Crippen LogP contribution in [0.15, 0.2) is 39.3 Å². The summed E-state index contributed by atoms with van der Waals surface area (Å²) >= 11 is 8.72. The Balaban J connectivity index is 2.31. The molecule has 0 amide bonds. The van der Waals surface area contributed by atoms with E-state index in [1.807, 2.05) is 22.6 Å². The number of ether oxygens (including phenoxy) is 1. The number of aliphatic carboxylic acids is 1. The number of hydrogen-bond donors (Lipinski definition) is 1. The fourth-order valence-electron chi connectivity index (χ4n) is 1.65. The summed E-state index contributed by atoms with van der Waals surface area (Å²) in [7, 11) is 0. The molecule has 2 rings (SSSR count). The highest BCUT2D eigenvalue weighted by molar-refractivity contribution is 14.1. The standard InChI is InChI=1S/C14H9Br2IO4/c15-9-3-7(5-13(19)20)4-10(16)14(9)21-8-1-2-12(18)11(17)6-8/h1-4,6,18H,5H2,(H,19,20)/p-1. The van der Waals surface area contributed by atoms with Gasteiger partial charge < -0.3 is 19.7 Å². The van der Waals surface area contributed by atoms with E-state index in [0.717, 1.165) is 0 Å². The van der Waals surface area contributed by atoms with Gasteiger partial charge in [-0.15, -0.1) is 0 Å². The number of carboxylic acids is 1. The van der Waals surface area contributed by atoms with Crippen molar-refractivity contribution in [2.24, 2.45) is 0 Å². The Morgan fingerprint density at radius 1 is 1.24 bits per heavy atom. The first-order valence-corrected chi connectivity index (χ1v) is 8.37. The lowest BCUT2D eigenvalue weighted by Crippen LogP contribution is -2.24. The molecule has 4 nitrogen and oxygen atoms in total. The fourth-order valence-corrected chi connectivity index (χ4v) is 3.58. The number of halogens is 3. The highest BCUT2D eigenvalue weighted by Gasteiger charge is 2.11. The fraction of sp³-hybridized carbons (Fsp3) is 0.0714. The van der Waals surface area contributed by atoms with Crippen LogP contribution in [-0.2, 0) is 11.2 Å². The monoisotopic (exact) mass is 525 g/mol. The van der Waals surface area contributed by atoms with E-state index >= 15 is 0 Å². The lowest BCUT2D eigenvalue weighted by molar-refractivity contribution is -0.304. The van der Waals surface area contributed by atoms with Crippen LogP contribution in [0.25, 0.3) is 0 Å². The number of carbonyl (C=O) groups is 1. The van der Waals surface area contributed by atoms with Crippen LogP contribution in [-0.4, -0.2) is 11.1 Å². The van der Waals surface area contributed by atoms with E-state index in [1.54, 1.807) is 30.3 Å². The SMILES string of the molecule is O=C([O-])Cc1cc(Br)c(Oc2ccc(O)c(I)c2)c(Br)c1. The van der Waals surface area contributed by atoms with Crippen LogP contribution in [0.2, 0.25) is 0 Å².